The van der Waals surface area contributed by atoms with Crippen LogP contribution in [0.3, 0.4) is 0 Å². The van der Waals surface area contributed by atoms with Gasteiger partial charge in [0, 0.05) is 37.6 Å². The quantitative estimate of drug-likeness (QED) is 0.751. The lowest BCUT2D eigenvalue weighted by atomic mass is 10.4. The molecule has 0 unspecified atom stereocenters. The average molecular weight is 270 g/mol. The summed E-state index contributed by atoms with van der Waals surface area (Å²) in [6.07, 6.45) is 0. The van der Waals surface area contributed by atoms with Gasteiger partial charge in [-0.1, -0.05) is 0 Å². The van der Waals surface area contributed by atoms with E-state index in [-0.39, 0.29) is 0 Å². The van der Waals surface area contributed by atoms with Gasteiger partial charge in [-0.05, 0) is 12.1 Å². The second-order valence-corrected chi connectivity index (χ2v) is 5.37. The first-order valence-corrected chi connectivity index (χ1v) is 6.90. The van der Waals surface area contributed by atoms with Gasteiger partial charge in [-0.2, -0.15) is 0 Å². The molecule has 2 rings (SSSR count). The van der Waals surface area contributed by atoms with E-state index in [1.807, 2.05) is 6.07 Å². The number of rotatable bonds is 6. The maximum Gasteiger partial charge on any atom is 0.345 e. The maximum atomic E-state index is 10.7. The highest BCUT2D eigenvalue weighted by Gasteiger charge is 2.09. The third-order valence-electron chi connectivity index (χ3n) is 2.88. The van der Waals surface area contributed by atoms with Crippen LogP contribution in [0.15, 0.2) is 12.1 Å². The highest BCUT2D eigenvalue weighted by Crippen LogP contribution is 2.15. The Balaban J connectivity index is 1.63. The van der Waals surface area contributed by atoms with E-state index >= 15 is 0 Å². The van der Waals surface area contributed by atoms with Gasteiger partial charge < -0.3 is 15.2 Å². The Kier molecular flexibility index (Phi) is 5.12. The first-order valence-electron chi connectivity index (χ1n) is 6.08. The Morgan fingerprint density at radius 1 is 1.44 bits per heavy atom. The molecule has 1 aromatic rings. The van der Waals surface area contributed by atoms with Crippen molar-refractivity contribution in [3.8, 4) is 0 Å². The van der Waals surface area contributed by atoms with Crippen LogP contribution >= 0.6 is 11.3 Å². The molecular formula is C12H18N2O3S. The molecule has 0 saturated carbocycles. The summed E-state index contributed by atoms with van der Waals surface area (Å²) in [6, 6.07) is 3.53. The Labute approximate surface area is 110 Å². The molecule has 2 heterocycles. The van der Waals surface area contributed by atoms with Gasteiger partial charge in [0.25, 0.3) is 0 Å². The van der Waals surface area contributed by atoms with Gasteiger partial charge in [-0.3, -0.25) is 4.90 Å². The van der Waals surface area contributed by atoms with Crippen molar-refractivity contribution in [2.75, 3.05) is 39.4 Å². The fourth-order valence-corrected chi connectivity index (χ4v) is 2.68. The number of hydrogen-bond donors (Lipinski definition) is 2. The molecule has 1 aliphatic rings. The molecule has 0 spiro atoms. The predicted octanol–water partition coefficient (Wildman–Crippen LogP) is 0.868. The molecule has 1 aliphatic heterocycles. The molecule has 0 amide bonds. The summed E-state index contributed by atoms with van der Waals surface area (Å²) in [7, 11) is 0. The van der Waals surface area contributed by atoms with Gasteiger partial charge in [0.05, 0.1) is 13.2 Å². The number of carboxylic acid groups (broad SMARTS) is 1. The van der Waals surface area contributed by atoms with Crippen molar-refractivity contribution in [3.63, 3.8) is 0 Å². The van der Waals surface area contributed by atoms with Crippen LogP contribution in [-0.4, -0.2) is 55.4 Å². The van der Waals surface area contributed by atoms with Gasteiger partial charge in [0.2, 0.25) is 0 Å². The standard InChI is InChI=1S/C12H18N2O3S/c15-12(16)11-2-1-10(18-11)9-13-3-4-14-5-7-17-8-6-14/h1-2,13H,3-9H2,(H,15,16). The molecule has 0 bridgehead atoms. The summed E-state index contributed by atoms with van der Waals surface area (Å²) in [4.78, 5) is 14.6. The van der Waals surface area contributed by atoms with Gasteiger partial charge in [-0.25, -0.2) is 4.79 Å². The lowest BCUT2D eigenvalue weighted by Gasteiger charge is -2.26. The summed E-state index contributed by atoms with van der Waals surface area (Å²) >= 11 is 1.33. The van der Waals surface area contributed by atoms with Crippen molar-refractivity contribution in [3.05, 3.63) is 21.9 Å². The number of nitrogens with zero attached hydrogens (tertiary/aromatic N) is 1. The van der Waals surface area contributed by atoms with Crippen LogP contribution in [0.5, 0.6) is 0 Å². The number of morpholine rings is 1. The van der Waals surface area contributed by atoms with Crippen molar-refractivity contribution >= 4 is 17.3 Å². The highest BCUT2D eigenvalue weighted by molar-refractivity contribution is 7.13. The molecular weight excluding hydrogens is 252 g/mol. The van der Waals surface area contributed by atoms with Crippen molar-refractivity contribution < 1.29 is 14.6 Å². The third kappa shape index (κ3) is 4.06. The Hall–Kier alpha value is -0.950. The molecule has 1 fully saturated rings. The topological polar surface area (TPSA) is 61.8 Å². The molecule has 1 saturated heterocycles. The predicted molar refractivity (Wildman–Crippen MR) is 70.2 cm³/mol. The monoisotopic (exact) mass is 270 g/mol. The second-order valence-electron chi connectivity index (χ2n) is 4.20. The molecule has 5 nitrogen and oxygen atoms in total. The number of thiophene rings is 1. The minimum atomic E-state index is -0.848. The Morgan fingerprint density at radius 2 is 2.22 bits per heavy atom. The first-order chi connectivity index (χ1) is 8.75. The smallest absolute Gasteiger partial charge is 0.345 e. The molecule has 0 aliphatic carbocycles. The lowest BCUT2D eigenvalue weighted by molar-refractivity contribution is 0.0384. The summed E-state index contributed by atoms with van der Waals surface area (Å²) in [5.41, 5.74) is 0. The van der Waals surface area contributed by atoms with Crippen LogP contribution in [-0.2, 0) is 11.3 Å². The van der Waals surface area contributed by atoms with Gasteiger partial charge >= 0.3 is 5.97 Å². The van der Waals surface area contributed by atoms with E-state index < -0.39 is 5.97 Å². The minimum Gasteiger partial charge on any atom is -0.477 e. The number of ether oxygens (including phenoxy) is 1. The van der Waals surface area contributed by atoms with Crippen LogP contribution in [0, 0.1) is 0 Å². The zero-order chi connectivity index (χ0) is 12.8. The molecule has 18 heavy (non-hydrogen) atoms. The largest absolute Gasteiger partial charge is 0.477 e. The van der Waals surface area contributed by atoms with Gasteiger partial charge in [-0.15, -0.1) is 11.3 Å². The number of carboxylic acids is 1. The molecule has 6 heteroatoms. The molecule has 2 N–H and O–H groups in total. The fraction of sp³-hybridized carbons (Fsp3) is 0.583. The number of carbonyl (C=O) groups is 1. The van der Waals surface area contributed by atoms with Gasteiger partial charge in [0.1, 0.15) is 4.88 Å². The van der Waals surface area contributed by atoms with E-state index in [1.165, 1.54) is 11.3 Å². The Bertz CT molecular complexity index is 388. The SMILES string of the molecule is O=C(O)c1ccc(CNCCN2CCOCC2)s1. The molecule has 0 radical (unpaired) electrons. The fourth-order valence-electron chi connectivity index (χ4n) is 1.86. The Morgan fingerprint density at radius 3 is 2.89 bits per heavy atom. The van der Waals surface area contributed by atoms with Crippen molar-refractivity contribution in [1.29, 1.82) is 0 Å². The summed E-state index contributed by atoms with van der Waals surface area (Å²) in [5, 5.41) is 12.1. The van der Waals surface area contributed by atoms with Crippen molar-refractivity contribution in [2.24, 2.45) is 0 Å². The van der Waals surface area contributed by atoms with E-state index in [2.05, 4.69) is 10.2 Å². The van der Waals surface area contributed by atoms with Crippen molar-refractivity contribution in [2.45, 2.75) is 6.54 Å². The lowest BCUT2D eigenvalue weighted by Crippen LogP contribution is -2.40. The van der Waals surface area contributed by atoms with E-state index in [0.29, 0.717) is 4.88 Å². The molecule has 100 valence electrons. The second kappa shape index (κ2) is 6.84. The van der Waals surface area contributed by atoms with Crippen molar-refractivity contribution in [1.82, 2.24) is 10.2 Å². The molecule has 0 atom stereocenters. The van der Waals surface area contributed by atoms with E-state index in [4.69, 9.17) is 9.84 Å². The van der Waals surface area contributed by atoms with Crippen LogP contribution in [0.2, 0.25) is 0 Å². The number of hydrogen-bond acceptors (Lipinski definition) is 5. The van der Waals surface area contributed by atoms with Crippen LogP contribution in [0.25, 0.3) is 0 Å². The van der Waals surface area contributed by atoms with Crippen LogP contribution < -0.4 is 5.32 Å². The highest BCUT2D eigenvalue weighted by atomic mass is 32.1. The molecule has 0 aromatic carbocycles. The van der Waals surface area contributed by atoms with E-state index in [0.717, 1.165) is 50.8 Å². The zero-order valence-electron chi connectivity index (χ0n) is 10.2. The van der Waals surface area contributed by atoms with E-state index in [9.17, 15) is 4.79 Å². The van der Waals surface area contributed by atoms with Crippen LogP contribution in [0.4, 0.5) is 0 Å². The summed E-state index contributed by atoms with van der Waals surface area (Å²) in [5.74, 6) is -0.848. The average Bonchev–Trinajstić information content (AvgIpc) is 2.85. The zero-order valence-corrected chi connectivity index (χ0v) is 11.0. The van der Waals surface area contributed by atoms with Crippen LogP contribution in [0.1, 0.15) is 14.5 Å². The van der Waals surface area contributed by atoms with Gasteiger partial charge in [0.15, 0.2) is 0 Å². The minimum absolute atomic E-state index is 0.403. The summed E-state index contributed by atoms with van der Waals surface area (Å²) in [6.45, 7) is 6.33. The summed E-state index contributed by atoms with van der Waals surface area (Å²) < 4.78 is 5.28. The third-order valence-corrected chi connectivity index (χ3v) is 3.95. The maximum absolute atomic E-state index is 10.7. The number of nitrogens with one attached hydrogen (secondary N) is 1. The normalized spacial score (nSPS) is 16.9. The van der Waals surface area contributed by atoms with E-state index in [1.54, 1.807) is 6.07 Å². The first kappa shape index (κ1) is 13.5. The number of aromatic carboxylic acids is 1. The molecule has 1 aromatic heterocycles.